The van der Waals surface area contributed by atoms with Crippen LogP contribution in [0.4, 0.5) is 15.9 Å². The molecule has 0 bridgehead atoms. The number of nitrogens with two attached hydrogens (primary N) is 1. The second kappa shape index (κ2) is 4.61. The van der Waals surface area contributed by atoms with Gasteiger partial charge >= 0.3 is 5.69 Å². The van der Waals surface area contributed by atoms with Gasteiger partial charge in [-0.25, -0.2) is 9.07 Å². The van der Waals surface area contributed by atoms with Gasteiger partial charge in [-0.1, -0.05) is 11.6 Å². The van der Waals surface area contributed by atoms with Gasteiger partial charge in [0.1, 0.15) is 12.0 Å². The molecule has 0 saturated carbocycles. The van der Waals surface area contributed by atoms with Crippen LogP contribution >= 0.6 is 11.6 Å². The number of halogens is 2. The van der Waals surface area contributed by atoms with Crippen molar-refractivity contribution in [3.05, 3.63) is 50.9 Å². The van der Waals surface area contributed by atoms with Crippen LogP contribution in [0.15, 0.2) is 24.4 Å². The number of aromatic nitrogens is 2. The minimum absolute atomic E-state index is 0.0830. The van der Waals surface area contributed by atoms with Gasteiger partial charge < -0.3 is 5.73 Å². The van der Waals surface area contributed by atoms with E-state index in [0.29, 0.717) is 5.56 Å². The number of nitrogens with zero attached hydrogens (tertiary/aromatic N) is 3. The Morgan fingerprint density at radius 3 is 2.78 bits per heavy atom. The molecule has 1 aromatic heterocycles. The lowest BCUT2D eigenvalue weighted by Gasteiger charge is -2.04. The summed E-state index contributed by atoms with van der Waals surface area (Å²) in [6, 6.07) is 3.97. The van der Waals surface area contributed by atoms with Crippen LogP contribution in [0, 0.1) is 15.9 Å². The largest absolute Gasteiger partial charge is 0.378 e. The first-order valence-corrected chi connectivity index (χ1v) is 5.26. The Labute approximate surface area is 106 Å². The fourth-order valence-corrected chi connectivity index (χ4v) is 1.77. The van der Waals surface area contributed by atoms with E-state index in [2.05, 4.69) is 5.10 Å². The van der Waals surface area contributed by atoms with Gasteiger partial charge in [-0.05, 0) is 23.8 Å². The lowest BCUT2D eigenvalue weighted by molar-refractivity contribution is -0.384. The van der Waals surface area contributed by atoms with Crippen LogP contribution in [0.3, 0.4) is 0 Å². The molecule has 0 spiro atoms. The molecule has 0 radical (unpaired) electrons. The Kier molecular flexibility index (Phi) is 3.15. The maximum atomic E-state index is 13.1. The van der Waals surface area contributed by atoms with Gasteiger partial charge in [0.05, 0.1) is 11.5 Å². The van der Waals surface area contributed by atoms with Crippen LogP contribution in [0.2, 0.25) is 5.02 Å². The highest BCUT2D eigenvalue weighted by molar-refractivity contribution is 6.30. The zero-order chi connectivity index (χ0) is 13.3. The highest BCUT2D eigenvalue weighted by Crippen LogP contribution is 2.22. The Morgan fingerprint density at radius 2 is 2.22 bits per heavy atom. The van der Waals surface area contributed by atoms with Gasteiger partial charge in [0, 0.05) is 5.02 Å². The minimum Gasteiger partial charge on any atom is -0.378 e. The molecule has 94 valence electrons. The standard InChI is InChI=1S/C10H8ClFN4O2/c11-7-1-6(2-8(12)3-7)5-15-10(13)9(4-14-15)16(17)18/h1-4H,5,13H2. The van der Waals surface area contributed by atoms with Crippen molar-refractivity contribution >= 4 is 23.1 Å². The zero-order valence-electron chi connectivity index (χ0n) is 9.01. The van der Waals surface area contributed by atoms with E-state index in [1.54, 1.807) is 0 Å². The number of nitrogen functional groups attached to an aromatic ring is 1. The maximum absolute atomic E-state index is 13.1. The van der Waals surface area contributed by atoms with Crippen molar-refractivity contribution in [2.24, 2.45) is 0 Å². The number of hydrogen-bond acceptors (Lipinski definition) is 4. The third-order valence-corrected chi connectivity index (χ3v) is 2.53. The molecule has 0 unspecified atom stereocenters. The predicted molar refractivity (Wildman–Crippen MR) is 63.8 cm³/mol. The summed E-state index contributed by atoms with van der Waals surface area (Å²) in [5, 5.41) is 14.6. The third kappa shape index (κ3) is 2.40. The fourth-order valence-electron chi connectivity index (χ4n) is 1.53. The molecular weight excluding hydrogens is 263 g/mol. The Morgan fingerprint density at radius 1 is 1.50 bits per heavy atom. The molecule has 1 aromatic carbocycles. The monoisotopic (exact) mass is 270 g/mol. The maximum Gasteiger partial charge on any atom is 0.330 e. The molecule has 0 amide bonds. The lowest BCUT2D eigenvalue weighted by atomic mass is 10.2. The Balaban J connectivity index is 2.31. The molecule has 2 rings (SSSR count). The van der Waals surface area contributed by atoms with E-state index in [4.69, 9.17) is 17.3 Å². The van der Waals surface area contributed by atoms with Crippen molar-refractivity contribution in [2.45, 2.75) is 6.54 Å². The summed E-state index contributed by atoms with van der Waals surface area (Å²) in [4.78, 5) is 9.96. The Hall–Kier alpha value is -2.15. The van der Waals surface area contributed by atoms with Crippen molar-refractivity contribution < 1.29 is 9.31 Å². The smallest absolute Gasteiger partial charge is 0.330 e. The first-order chi connectivity index (χ1) is 8.47. The summed E-state index contributed by atoms with van der Waals surface area (Å²) in [6.45, 7) is 0.108. The predicted octanol–water partition coefficient (Wildman–Crippen LogP) is 2.21. The molecule has 0 saturated heterocycles. The van der Waals surface area contributed by atoms with E-state index >= 15 is 0 Å². The molecular formula is C10H8ClFN4O2. The lowest BCUT2D eigenvalue weighted by Crippen LogP contribution is -2.07. The van der Waals surface area contributed by atoms with Crippen LogP contribution < -0.4 is 5.73 Å². The number of benzene rings is 1. The number of rotatable bonds is 3. The molecule has 8 heteroatoms. The zero-order valence-corrected chi connectivity index (χ0v) is 9.76. The highest BCUT2D eigenvalue weighted by Gasteiger charge is 2.17. The fraction of sp³-hybridized carbons (Fsp3) is 0.100. The number of anilines is 1. The minimum atomic E-state index is -0.628. The van der Waals surface area contributed by atoms with Crippen molar-refractivity contribution in [3.8, 4) is 0 Å². The van der Waals surface area contributed by atoms with Crippen molar-refractivity contribution in [1.82, 2.24) is 9.78 Å². The second-order valence-electron chi connectivity index (χ2n) is 3.61. The number of nitro groups is 1. The topological polar surface area (TPSA) is 87.0 Å². The van der Waals surface area contributed by atoms with E-state index in [-0.39, 0.29) is 23.1 Å². The van der Waals surface area contributed by atoms with E-state index in [1.807, 2.05) is 0 Å². The molecule has 18 heavy (non-hydrogen) atoms. The molecule has 0 atom stereocenters. The van der Waals surface area contributed by atoms with Crippen LogP contribution in [0.5, 0.6) is 0 Å². The van der Waals surface area contributed by atoms with E-state index in [1.165, 1.54) is 22.9 Å². The van der Waals surface area contributed by atoms with Crippen molar-refractivity contribution in [3.63, 3.8) is 0 Å². The van der Waals surface area contributed by atoms with Gasteiger partial charge in [0.2, 0.25) is 5.82 Å². The van der Waals surface area contributed by atoms with Crippen molar-refractivity contribution in [1.29, 1.82) is 0 Å². The summed E-state index contributed by atoms with van der Waals surface area (Å²) in [6.07, 6.45) is 1.05. The molecule has 0 fully saturated rings. The molecule has 0 aliphatic heterocycles. The Bertz CT molecular complexity index is 594. The van der Waals surface area contributed by atoms with Gasteiger partial charge in [0.15, 0.2) is 0 Å². The molecule has 0 aliphatic carbocycles. The van der Waals surface area contributed by atoms with Crippen LogP contribution in [-0.4, -0.2) is 14.7 Å². The van der Waals surface area contributed by atoms with Gasteiger partial charge in [-0.15, -0.1) is 0 Å². The van der Waals surface area contributed by atoms with Gasteiger partial charge in [-0.3, -0.25) is 10.1 Å². The van der Waals surface area contributed by atoms with E-state index in [0.717, 1.165) is 6.20 Å². The molecule has 6 nitrogen and oxygen atoms in total. The van der Waals surface area contributed by atoms with Crippen LogP contribution in [0.25, 0.3) is 0 Å². The number of hydrogen-bond donors (Lipinski definition) is 1. The summed E-state index contributed by atoms with van der Waals surface area (Å²) < 4.78 is 14.3. The molecule has 0 aliphatic rings. The first kappa shape index (κ1) is 12.3. The average molecular weight is 271 g/mol. The summed E-state index contributed by atoms with van der Waals surface area (Å²) in [7, 11) is 0. The van der Waals surface area contributed by atoms with E-state index in [9.17, 15) is 14.5 Å². The van der Waals surface area contributed by atoms with E-state index < -0.39 is 10.7 Å². The van der Waals surface area contributed by atoms with Crippen LogP contribution in [0.1, 0.15) is 5.56 Å². The second-order valence-corrected chi connectivity index (χ2v) is 4.04. The summed E-state index contributed by atoms with van der Waals surface area (Å²) in [5.74, 6) is -0.571. The molecule has 1 heterocycles. The van der Waals surface area contributed by atoms with Crippen molar-refractivity contribution in [2.75, 3.05) is 5.73 Å². The highest BCUT2D eigenvalue weighted by atomic mass is 35.5. The SMILES string of the molecule is Nc1c([N+](=O)[O-])cnn1Cc1cc(F)cc(Cl)c1. The molecule has 2 aromatic rings. The van der Waals surface area contributed by atoms with Crippen LogP contribution in [-0.2, 0) is 6.54 Å². The first-order valence-electron chi connectivity index (χ1n) is 4.88. The average Bonchev–Trinajstić information content (AvgIpc) is 2.59. The van der Waals surface area contributed by atoms with Gasteiger partial charge in [0.25, 0.3) is 0 Å². The normalized spacial score (nSPS) is 10.6. The summed E-state index contributed by atoms with van der Waals surface area (Å²) >= 11 is 5.70. The quantitative estimate of drug-likeness (QED) is 0.684. The summed E-state index contributed by atoms with van der Waals surface area (Å²) in [5.41, 5.74) is 5.80. The van der Waals surface area contributed by atoms with Gasteiger partial charge in [-0.2, -0.15) is 5.10 Å². The molecule has 2 N–H and O–H groups in total. The third-order valence-electron chi connectivity index (χ3n) is 2.31.